The molecule has 172 valence electrons. The largest absolute Gasteiger partial charge is 0.354 e. The second-order valence-electron chi connectivity index (χ2n) is 8.73. The number of rotatable bonds is 8. The van der Waals surface area contributed by atoms with E-state index in [4.69, 9.17) is 0 Å². The molecule has 10 heteroatoms. The van der Waals surface area contributed by atoms with Crippen molar-refractivity contribution in [3.8, 4) is 0 Å². The van der Waals surface area contributed by atoms with Crippen molar-refractivity contribution in [2.45, 2.75) is 39.3 Å². The third-order valence-corrected chi connectivity index (χ3v) is 6.04. The van der Waals surface area contributed by atoms with Crippen molar-refractivity contribution in [2.75, 3.05) is 13.1 Å². The average Bonchev–Trinajstić information content (AvgIpc) is 3.52. The first-order valence-electron chi connectivity index (χ1n) is 10.7. The summed E-state index contributed by atoms with van der Waals surface area (Å²) in [7, 11) is 0. The molecule has 3 aromatic heterocycles. The van der Waals surface area contributed by atoms with Crippen LogP contribution in [0.2, 0.25) is 0 Å². The molecule has 0 radical (unpaired) electrons. The van der Waals surface area contributed by atoms with Gasteiger partial charge in [-0.25, -0.2) is 14.6 Å². The molecule has 0 saturated heterocycles. The lowest BCUT2D eigenvalue weighted by Crippen LogP contribution is -2.39. The fourth-order valence-electron chi connectivity index (χ4n) is 3.34. The van der Waals surface area contributed by atoms with Gasteiger partial charge in [0.05, 0.1) is 12.0 Å². The molecule has 0 spiro atoms. The Hall–Kier alpha value is -3.53. The van der Waals surface area contributed by atoms with Crippen LogP contribution in [0, 0.1) is 0 Å². The summed E-state index contributed by atoms with van der Waals surface area (Å²) in [5, 5.41) is 9.24. The number of nitrogens with zero attached hydrogens (tertiary/aromatic N) is 6. The van der Waals surface area contributed by atoms with Gasteiger partial charge in [0.2, 0.25) is 11.7 Å². The van der Waals surface area contributed by atoms with Gasteiger partial charge >= 0.3 is 0 Å². The summed E-state index contributed by atoms with van der Waals surface area (Å²) in [5.74, 6) is -0.229. The maximum absolute atomic E-state index is 13.2. The van der Waals surface area contributed by atoms with Crippen molar-refractivity contribution < 1.29 is 9.59 Å². The number of carbonyl (C=O) groups is 2. The number of benzene rings is 1. The molecule has 2 amide bonds. The number of fused-ring (bicyclic) bond motifs is 1. The number of carbonyl (C=O) groups excluding carboxylic acids is 2. The van der Waals surface area contributed by atoms with Gasteiger partial charge in [0.25, 0.3) is 5.91 Å². The van der Waals surface area contributed by atoms with Crippen LogP contribution in [-0.2, 0) is 23.3 Å². The van der Waals surface area contributed by atoms with Crippen molar-refractivity contribution in [2.24, 2.45) is 0 Å². The van der Waals surface area contributed by atoms with E-state index in [1.807, 2.05) is 67.1 Å². The van der Waals surface area contributed by atoms with Crippen molar-refractivity contribution >= 4 is 28.1 Å². The molecule has 0 atom stereocenters. The molecule has 0 aliphatic carbocycles. The highest BCUT2D eigenvalue weighted by Gasteiger charge is 2.23. The number of aromatic nitrogens is 5. The van der Waals surface area contributed by atoms with E-state index in [0.717, 1.165) is 16.2 Å². The van der Waals surface area contributed by atoms with Gasteiger partial charge in [0.15, 0.2) is 4.96 Å². The predicted octanol–water partition coefficient (Wildman–Crippen LogP) is 2.74. The summed E-state index contributed by atoms with van der Waals surface area (Å²) < 4.78 is 3.59. The maximum Gasteiger partial charge on any atom is 0.293 e. The molecular weight excluding hydrogens is 438 g/mol. The number of hydrogen-bond donors (Lipinski definition) is 1. The molecule has 1 aromatic carbocycles. The number of imidazole rings is 1. The Kier molecular flexibility index (Phi) is 6.55. The third-order valence-electron chi connectivity index (χ3n) is 5.14. The molecule has 0 aliphatic heterocycles. The lowest BCUT2D eigenvalue weighted by atomic mass is 10.1. The summed E-state index contributed by atoms with van der Waals surface area (Å²) in [5.41, 5.74) is 1.61. The SMILES string of the molecule is CC(C)(C)n1cnc(C(=O)N(CCNC(=O)Cc2csc3nccn23)Cc2ccccc2)n1. The molecule has 0 bridgehead atoms. The van der Waals surface area contributed by atoms with Crippen LogP contribution in [0.15, 0.2) is 54.4 Å². The van der Waals surface area contributed by atoms with Gasteiger partial charge in [-0.3, -0.25) is 14.0 Å². The molecule has 9 nitrogen and oxygen atoms in total. The molecule has 3 heterocycles. The predicted molar refractivity (Wildman–Crippen MR) is 126 cm³/mol. The topological polar surface area (TPSA) is 97.4 Å². The van der Waals surface area contributed by atoms with Gasteiger partial charge in [0.1, 0.15) is 6.33 Å². The Morgan fingerprint density at radius 1 is 1.15 bits per heavy atom. The van der Waals surface area contributed by atoms with Gasteiger partial charge in [-0.05, 0) is 26.3 Å². The highest BCUT2D eigenvalue weighted by atomic mass is 32.1. The van der Waals surface area contributed by atoms with Crippen LogP contribution in [0.1, 0.15) is 42.6 Å². The highest BCUT2D eigenvalue weighted by Crippen LogP contribution is 2.15. The Balaban J connectivity index is 1.41. The monoisotopic (exact) mass is 465 g/mol. The standard InChI is InChI=1S/C23H27N7O2S/c1-23(2,3)30-16-26-20(27-30)21(32)28(14-17-7-5-4-6-8-17)11-9-24-19(31)13-18-15-33-22-25-10-12-29(18)22/h4-8,10,12,15-16H,9,11,13-14H2,1-3H3,(H,24,31). The quantitative estimate of drug-likeness (QED) is 0.432. The van der Waals surface area contributed by atoms with E-state index in [0.29, 0.717) is 19.6 Å². The van der Waals surface area contributed by atoms with E-state index in [9.17, 15) is 9.59 Å². The van der Waals surface area contributed by atoms with Gasteiger partial charge in [0, 0.05) is 43.1 Å². The lowest BCUT2D eigenvalue weighted by molar-refractivity contribution is -0.120. The minimum absolute atomic E-state index is 0.106. The van der Waals surface area contributed by atoms with Gasteiger partial charge in [-0.1, -0.05) is 30.3 Å². The molecule has 4 rings (SSSR count). The van der Waals surface area contributed by atoms with E-state index >= 15 is 0 Å². The van der Waals surface area contributed by atoms with Crippen LogP contribution in [0.5, 0.6) is 0 Å². The van der Waals surface area contributed by atoms with Crippen molar-refractivity contribution in [3.63, 3.8) is 0 Å². The summed E-state index contributed by atoms with van der Waals surface area (Å²) in [6.07, 6.45) is 5.39. The summed E-state index contributed by atoms with van der Waals surface area (Å²) in [6.45, 7) is 7.07. The first kappa shape index (κ1) is 22.7. The molecule has 0 aliphatic rings. The maximum atomic E-state index is 13.2. The molecule has 0 unspecified atom stereocenters. The lowest BCUT2D eigenvalue weighted by Gasteiger charge is -2.22. The van der Waals surface area contributed by atoms with Gasteiger partial charge in [-0.15, -0.1) is 16.4 Å². The van der Waals surface area contributed by atoms with Crippen LogP contribution in [0.3, 0.4) is 0 Å². The minimum atomic E-state index is -0.272. The van der Waals surface area contributed by atoms with Crippen molar-refractivity contribution in [3.05, 3.63) is 71.5 Å². The first-order chi connectivity index (χ1) is 15.8. The molecule has 0 saturated carbocycles. The molecular formula is C23H27N7O2S. The Morgan fingerprint density at radius 3 is 2.67 bits per heavy atom. The van der Waals surface area contributed by atoms with Crippen molar-refractivity contribution in [1.29, 1.82) is 0 Å². The number of thiazole rings is 1. The fourth-order valence-corrected chi connectivity index (χ4v) is 4.19. The van der Waals surface area contributed by atoms with Crippen molar-refractivity contribution in [1.82, 2.24) is 34.4 Å². The molecule has 4 aromatic rings. The van der Waals surface area contributed by atoms with Crippen LogP contribution in [0.25, 0.3) is 4.96 Å². The minimum Gasteiger partial charge on any atom is -0.354 e. The number of amides is 2. The number of hydrogen-bond acceptors (Lipinski definition) is 6. The second kappa shape index (κ2) is 9.53. The summed E-state index contributed by atoms with van der Waals surface area (Å²) in [6, 6.07) is 9.73. The Morgan fingerprint density at radius 2 is 1.94 bits per heavy atom. The number of nitrogens with one attached hydrogen (secondary N) is 1. The van der Waals surface area contributed by atoms with E-state index in [1.54, 1.807) is 22.1 Å². The van der Waals surface area contributed by atoms with Crippen LogP contribution < -0.4 is 5.32 Å². The van der Waals surface area contributed by atoms with E-state index < -0.39 is 0 Å². The fraction of sp³-hybridized carbons (Fsp3) is 0.348. The zero-order valence-corrected chi connectivity index (χ0v) is 19.7. The first-order valence-corrected chi connectivity index (χ1v) is 11.6. The van der Waals surface area contributed by atoms with Crippen LogP contribution >= 0.6 is 11.3 Å². The van der Waals surface area contributed by atoms with E-state index in [1.165, 1.54) is 11.3 Å². The summed E-state index contributed by atoms with van der Waals surface area (Å²) >= 11 is 1.50. The molecule has 33 heavy (non-hydrogen) atoms. The third kappa shape index (κ3) is 5.46. The normalized spacial score (nSPS) is 11.6. The summed E-state index contributed by atoms with van der Waals surface area (Å²) in [4.78, 5) is 36.7. The Labute approximate surface area is 196 Å². The molecule has 0 fully saturated rings. The van der Waals surface area contributed by atoms with E-state index in [2.05, 4.69) is 20.4 Å². The zero-order valence-electron chi connectivity index (χ0n) is 18.9. The zero-order chi connectivity index (χ0) is 23.4. The average molecular weight is 466 g/mol. The van der Waals surface area contributed by atoms with Crippen LogP contribution in [-0.4, -0.2) is 54.0 Å². The van der Waals surface area contributed by atoms with Gasteiger partial charge in [-0.2, -0.15) is 0 Å². The smallest absolute Gasteiger partial charge is 0.293 e. The highest BCUT2D eigenvalue weighted by molar-refractivity contribution is 7.15. The Bertz CT molecular complexity index is 1240. The van der Waals surface area contributed by atoms with Gasteiger partial charge < -0.3 is 10.2 Å². The molecule has 1 N–H and O–H groups in total. The second-order valence-corrected chi connectivity index (χ2v) is 9.57. The van der Waals surface area contributed by atoms with Crippen LogP contribution in [0.4, 0.5) is 0 Å². The van der Waals surface area contributed by atoms with E-state index in [-0.39, 0.29) is 29.6 Å².